The molecule has 2 amide bonds. The van der Waals surface area contributed by atoms with Gasteiger partial charge in [0.25, 0.3) is 0 Å². The third-order valence-corrected chi connectivity index (χ3v) is 4.82. The van der Waals surface area contributed by atoms with Crippen molar-refractivity contribution < 1.29 is 14.7 Å². The van der Waals surface area contributed by atoms with Crippen LogP contribution in [0.15, 0.2) is 0 Å². The Morgan fingerprint density at radius 3 is 2.24 bits per heavy atom. The molecular weight excluding hydrogens is 270 g/mol. The second kappa shape index (κ2) is 7.11. The van der Waals surface area contributed by atoms with Crippen molar-refractivity contribution in [3.8, 4) is 0 Å². The quantitative estimate of drug-likeness (QED) is 0.745. The molecule has 2 aliphatic rings. The van der Waals surface area contributed by atoms with Crippen molar-refractivity contribution >= 4 is 12.0 Å². The summed E-state index contributed by atoms with van der Waals surface area (Å²) in [6.45, 7) is 4.22. The third-order valence-electron chi connectivity index (χ3n) is 4.82. The van der Waals surface area contributed by atoms with Gasteiger partial charge in [-0.15, -0.1) is 0 Å². The summed E-state index contributed by atoms with van der Waals surface area (Å²) in [5, 5.41) is 14.1. The van der Waals surface area contributed by atoms with Crippen LogP contribution in [0.2, 0.25) is 0 Å². The van der Waals surface area contributed by atoms with Gasteiger partial charge in [-0.3, -0.25) is 10.2 Å². The molecule has 6 heteroatoms. The first kappa shape index (κ1) is 16.1. The zero-order valence-electron chi connectivity index (χ0n) is 13.0. The number of amides is 2. The number of nitrogens with zero attached hydrogens (tertiary/aromatic N) is 1. The van der Waals surface area contributed by atoms with Crippen LogP contribution < -0.4 is 10.7 Å². The van der Waals surface area contributed by atoms with E-state index in [0.717, 1.165) is 32.1 Å². The molecule has 120 valence electrons. The molecule has 21 heavy (non-hydrogen) atoms. The van der Waals surface area contributed by atoms with Crippen LogP contribution in [0.25, 0.3) is 0 Å². The van der Waals surface area contributed by atoms with Crippen LogP contribution in [0.3, 0.4) is 0 Å². The average molecular weight is 297 g/mol. The lowest BCUT2D eigenvalue weighted by Crippen LogP contribution is -2.58. The highest BCUT2D eigenvalue weighted by Gasteiger charge is 2.33. The van der Waals surface area contributed by atoms with Gasteiger partial charge in [0.1, 0.15) is 0 Å². The molecule has 6 nitrogen and oxygen atoms in total. The fraction of sp³-hybridized carbons (Fsp3) is 0.867. The molecule has 0 radical (unpaired) electrons. The zero-order valence-corrected chi connectivity index (χ0v) is 13.0. The Morgan fingerprint density at radius 2 is 1.62 bits per heavy atom. The Morgan fingerprint density at radius 1 is 1.00 bits per heavy atom. The van der Waals surface area contributed by atoms with E-state index in [1.807, 2.05) is 5.01 Å². The highest BCUT2D eigenvalue weighted by molar-refractivity contribution is 5.76. The van der Waals surface area contributed by atoms with Crippen LogP contribution >= 0.6 is 0 Å². The van der Waals surface area contributed by atoms with Crippen LogP contribution in [-0.2, 0) is 4.79 Å². The summed E-state index contributed by atoms with van der Waals surface area (Å²) in [6, 6.07) is 0.114. The molecule has 0 bridgehead atoms. The van der Waals surface area contributed by atoms with Gasteiger partial charge in [0.15, 0.2) is 0 Å². The van der Waals surface area contributed by atoms with Gasteiger partial charge in [-0.1, -0.05) is 19.3 Å². The number of hydrogen-bond donors (Lipinski definition) is 3. The fourth-order valence-electron chi connectivity index (χ4n) is 3.56. The van der Waals surface area contributed by atoms with Gasteiger partial charge in [-0.2, -0.15) is 0 Å². The summed E-state index contributed by atoms with van der Waals surface area (Å²) < 4.78 is 0. The molecule has 4 atom stereocenters. The van der Waals surface area contributed by atoms with E-state index in [1.165, 1.54) is 6.42 Å². The SMILES string of the molecule is CC1CCCC(C)N1NC(=O)NC1CCCCC1C(=O)O. The fourth-order valence-corrected chi connectivity index (χ4v) is 3.56. The molecule has 1 heterocycles. The van der Waals surface area contributed by atoms with Crippen molar-refractivity contribution in [3.63, 3.8) is 0 Å². The Balaban J connectivity index is 1.89. The summed E-state index contributed by atoms with van der Waals surface area (Å²) in [7, 11) is 0. The van der Waals surface area contributed by atoms with Gasteiger partial charge in [-0.25, -0.2) is 9.80 Å². The molecule has 2 fully saturated rings. The lowest BCUT2D eigenvalue weighted by Gasteiger charge is -2.39. The minimum Gasteiger partial charge on any atom is -0.481 e. The van der Waals surface area contributed by atoms with Crippen LogP contribution in [0, 0.1) is 5.92 Å². The van der Waals surface area contributed by atoms with Crippen molar-refractivity contribution in [2.75, 3.05) is 0 Å². The number of piperidine rings is 1. The molecule has 3 N–H and O–H groups in total. The van der Waals surface area contributed by atoms with Gasteiger partial charge in [0, 0.05) is 18.1 Å². The van der Waals surface area contributed by atoms with Crippen LogP contribution in [0.5, 0.6) is 0 Å². The average Bonchev–Trinajstić information content (AvgIpc) is 2.43. The largest absolute Gasteiger partial charge is 0.481 e. The molecule has 0 aromatic heterocycles. The monoisotopic (exact) mass is 297 g/mol. The zero-order chi connectivity index (χ0) is 15.4. The van der Waals surface area contributed by atoms with E-state index in [1.54, 1.807) is 0 Å². The Kier molecular flexibility index (Phi) is 5.45. The minimum absolute atomic E-state index is 0.258. The van der Waals surface area contributed by atoms with Crippen molar-refractivity contribution in [3.05, 3.63) is 0 Å². The van der Waals surface area contributed by atoms with Crippen molar-refractivity contribution in [2.45, 2.75) is 76.9 Å². The molecule has 1 saturated carbocycles. The number of carboxylic acid groups (broad SMARTS) is 1. The van der Waals surface area contributed by atoms with E-state index in [-0.39, 0.29) is 12.1 Å². The van der Waals surface area contributed by atoms with Crippen LogP contribution in [0.1, 0.15) is 58.8 Å². The van der Waals surface area contributed by atoms with Gasteiger partial charge < -0.3 is 10.4 Å². The smallest absolute Gasteiger partial charge is 0.329 e. The number of rotatable bonds is 3. The Hall–Kier alpha value is -1.30. The minimum atomic E-state index is -0.806. The molecule has 0 aromatic rings. The summed E-state index contributed by atoms with van der Waals surface area (Å²) >= 11 is 0. The first-order valence-corrected chi connectivity index (χ1v) is 8.07. The highest BCUT2D eigenvalue weighted by Crippen LogP contribution is 2.25. The lowest BCUT2D eigenvalue weighted by molar-refractivity contribution is -0.143. The predicted octanol–water partition coefficient (Wildman–Crippen LogP) is 2.11. The number of nitrogens with one attached hydrogen (secondary N) is 2. The molecule has 1 aliphatic carbocycles. The van der Waals surface area contributed by atoms with E-state index >= 15 is 0 Å². The molecular formula is C15H27N3O3. The standard InChI is InChI=1S/C15H27N3O3/c1-10-6-5-7-11(2)18(10)17-15(21)16-13-9-4-3-8-12(13)14(19)20/h10-13H,3-9H2,1-2H3,(H,19,20)(H2,16,17,21). The number of carbonyl (C=O) groups is 2. The maximum Gasteiger partial charge on any atom is 0.329 e. The normalized spacial score (nSPS) is 34.2. The van der Waals surface area contributed by atoms with Crippen molar-refractivity contribution in [1.82, 2.24) is 15.8 Å². The van der Waals surface area contributed by atoms with Gasteiger partial charge in [-0.05, 0) is 39.5 Å². The van der Waals surface area contributed by atoms with E-state index in [0.29, 0.717) is 18.5 Å². The number of hydrogen-bond acceptors (Lipinski definition) is 3. The second-order valence-corrected chi connectivity index (χ2v) is 6.46. The number of urea groups is 1. The Bertz CT molecular complexity index is 378. The van der Waals surface area contributed by atoms with Gasteiger partial charge in [0.2, 0.25) is 0 Å². The number of carboxylic acids is 1. The van der Waals surface area contributed by atoms with Crippen LogP contribution in [0.4, 0.5) is 4.79 Å². The lowest BCUT2D eigenvalue weighted by atomic mass is 9.84. The second-order valence-electron chi connectivity index (χ2n) is 6.46. The summed E-state index contributed by atoms with van der Waals surface area (Å²) in [5.74, 6) is -1.26. The first-order chi connectivity index (χ1) is 9.99. The summed E-state index contributed by atoms with van der Waals surface area (Å²) in [5.41, 5.74) is 2.92. The molecule has 1 saturated heterocycles. The van der Waals surface area contributed by atoms with E-state index in [4.69, 9.17) is 0 Å². The van der Waals surface area contributed by atoms with Crippen molar-refractivity contribution in [1.29, 1.82) is 0 Å². The maximum atomic E-state index is 12.2. The molecule has 1 aliphatic heterocycles. The van der Waals surface area contributed by atoms with E-state index < -0.39 is 11.9 Å². The summed E-state index contributed by atoms with van der Waals surface area (Å²) in [6.07, 6.45) is 6.64. The van der Waals surface area contributed by atoms with E-state index in [9.17, 15) is 14.7 Å². The first-order valence-electron chi connectivity index (χ1n) is 8.07. The highest BCUT2D eigenvalue weighted by atomic mass is 16.4. The van der Waals surface area contributed by atoms with Gasteiger partial charge in [0.05, 0.1) is 5.92 Å². The molecule has 0 spiro atoms. The van der Waals surface area contributed by atoms with E-state index in [2.05, 4.69) is 24.6 Å². The number of carbonyl (C=O) groups excluding carboxylic acids is 1. The van der Waals surface area contributed by atoms with Crippen molar-refractivity contribution in [2.24, 2.45) is 5.92 Å². The molecule has 2 rings (SSSR count). The number of hydrazine groups is 1. The maximum absolute atomic E-state index is 12.2. The molecule has 0 aromatic carbocycles. The molecule has 4 unspecified atom stereocenters. The topological polar surface area (TPSA) is 81.7 Å². The number of aliphatic carboxylic acids is 1. The van der Waals surface area contributed by atoms with Gasteiger partial charge >= 0.3 is 12.0 Å². The summed E-state index contributed by atoms with van der Waals surface area (Å²) in [4.78, 5) is 23.4. The Labute approximate surface area is 126 Å². The van der Waals surface area contributed by atoms with Crippen LogP contribution in [-0.4, -0.2) is 40.2 Å². The third kappa shape index (κ3) is 4.09. The predicted molar refractivity (Wildman–Crippen MR) is 79.7 cm³/mol.